The van der Waals surface area contributed by atoms with E-state index < -0.39 is 66.6 Å². The van der Waals surface area contributed by atoms with E-state index in [0.717, 1.165) is 13.2 Å². The summed E-state index contributed by atoms with van der Waals surface area (Å²) >= 11 is 0. The molecule has 1 aliphatic rings. The molecule has 0 fully saturated rings. The fraction of sp³-hybridized carbons (Fsp3) is 0.308. The van der Waals surface area contributed by atoms with Gasteiger partial charge in [-0.3, -0.25) is 4.79 Å². The van der Waals surface area contributed by atoms with Crippen molar-refractivity contribution in [1.29, 1.82) is 0 Å². The van der Waals surface area contributed by atoms with Crippen LogP contribution in [0.4, 0.5) is 0 Å². The molecule has 1 aliphatic heterocycles. The van der Waals surface area contributed by atoms with E-state index in [0.29, 0.717) is 0 Å². The summed E-state index contributed by atoms with van der Waals surface area (Å²) in [6.45, 7) is 0.560. The molecule has 0 bridgehead atoms. The highest BCUT2D eigenvalue weighted by Crippen LogP contribution is 2.26. The molecule has 0 spiro atoms. The Labute approximate surface area is 212 Å². The van der Waals surface area contributed by atoms with Crippen LogP contribution in [0.2, 0.25) is 0 Å². The maximum absolute atomic E-state index is 12.7. The largest absolute Gasteiger partial charge is 0.478 e. The highest BCUT2D eigenvalue weighted by atomic mass is 16.6. The monoisotopic (exact) mass is 513 g/mol. The van der Waals surface area contributed by atoms with Gasteiger partial charge in [0.25, 0.3) is 0 Å². The summed E-state index contributed by atoms with van der Waals surface area (Å²) in [5, 5.41) is 24.0. The average Bonchev–Trinajstić information content (AvgIpc) is 2.92. The van der Waals surface area contributed by atoms with Crippen LogP contribution >= 0.6 is 0 Å². The normalized spacial score (nSPS) is 20.3. The van der Waals surface area contributed by atoms with Gasteiger partial charge in [0.05, 0.1) is 18.2 Å². The van der Waals surface area contributed by atoms with Crippen molar-refractivity contribution >= 4 is 23.8 Å². The van der Waals surface area contributed by atoms with Gasteiger partial charge >= 0.3 is 17.9 Å². The van der Waals surface area contributed by atoms with Gasteiger partial charge in [0.1, 0.15) is 31.0 Å². The molecule has 0 aliphatic carbocycles. The van der Waals surface area contributed by atoms with Gasteiger partial charge in [-0.2, -0.15) is 0 Å². The zero-order valence-electron chi connectivity index (χ0n) is 20.1. The Balaban J connectivity index is 1.83. The minimum absolute atomic E-state index is 0.202. The molecule has 2 aromatic rings. The van der Waals surface area contributed by atoms with Crippen molar-refractivity contribution in [3.63, 3.8) is 0 Å². The van der Waals surface area contributed by atoms with Gasteiger partial charge in [0.2, 0.25) is 11.7 Å². The third-order valence-electron chi connectivity index (χ3n) is 5.42. The van der Waals surface area contributed by atoms with Crippen molar-refractivity contribution in [2.24, 2.45) is 0 Å². The topological polar surface area (TPSA) is 158 Å². The number of carbonyl (C=O) groups excluding carboxylic acids is 4. The molecule has 3 rings (SSSR count). The molecular weight excluding hydrogens is 486 g/mol. The number of rotatable bonds is 9. The summed E-state index contributed by atoms with van der Waals surface area (Å²) in [7, 11) is 1.10. The smallest absolute Gasteiger partial charge is 0.373 e. The summed E-state index contributed by atoms with van der Waals surface area (Å²) in [5.74, 6) is -3.42. The fourth-order valence-electron chi connectivity index (χ4n) is 3.61. The molecule has 11 heteroatoms. The Kier molecular flexibility index (Phi) is 9.36. The van der Waals surface area contributed by atoms with E-state index >= 15 is 0 Å². The van der Waals surface area contributed by atoms with Gasteiger partial charge in [0.15, 0.2) is 6.10 Å². The van der Waals surface area contributed by atoms with Crippen molar-refractivity contribution in [2.45, 2.75) is 37.4 Å². The number of aliphatic hydroxyl groups is 2. The van der Waals surface area contributed by atoms with E-state index in [1.165, 1.54) is 31.2 Å². The number of benzene rings is 2. The van der Waals surface area contributed by atoms with Crippen LogP contribution in [0.1, 0.15) is 27.6 Å². The molecule has 11 nitrogen and oxygen atoms in total. The SMILES string of the molecule is COC(=O)C1=C[C@H](OC(=O)c2ccccc2)[C@@H](NC(C)=O)[C@H]([C@H](O)[C@H](O)COC(=O)c2ccccc2)O1. The van der Waals surface area contributed by atoms with Gasteiger partial charge in [-0.25, -0.2) is 14.4 Å². The molecule has 3 N–H and O–H groups in total. The Hall–Kier alpha value is -4.22. The minimum Gasteiger partial charge on any atom is -0.478 e. The molecule has 0 radical (unpaired) electrons. The first-order chi connectivity index (χ1) is 17.7. The van der Waals surface area contributed by atoms with E-state index in [1.54, 1.807) is 36.4 Å². The summed E-state index contributed by atoms with van der Waals surface area (Å²) in [4.78, 5) is 49.1. The maximum Gasteiger partial charge on any atom is 0.373 e. The number of hydrogen-bond donors (Lipinski definition) is 3. The lowest BCUT2D eigenvalue weighted by molar-refractivity contribution is -0.152. The van der Waals surface area contributed by atoms with Crippen LogP contribution in [0.5, 0.6) is 0 Å². The first-order valence-electron chi connectivity index (χ1n) is 11.3. The Bertz CT molecular complexity index is 1130. The Morgan fingerprint density at radius 1 is 0.919 bits per heavy atom. The molecular formula is C26H27NO10. The predicted octanol–water partition coefficient (Wildman–Crippen LogP) is 0.751. The molecule has 0 aromatic heterocycles. The molecule has 0 saturated carbocycles. The molecule has 196 valence electrons. The van der Waals surface area contributed by atoms with E-state index in [1.807, 2.05) is 0 Å². The first-order valence-corrected chi connectivity index (χ1v) is 11.3. The average molecular weight is 513 g/mol. The molecule has 2 aromatic carbocycles. The van der Waals surface area contributed by atoms with E-state index in [4.69, 9.17) is 14.2 Å². The van der Waals surface area contributed by atoms with Gasteiger partial charge in [-0.15, -0.1) is 0 Å². The standard InChI is InChI=1S/C26H27NO10/c1-15(28)27-21-19(37-25(32)17-11-7-4-8-12-17)13-20(26(33)34-2)36-23(21)22(30)18(29)14-35-24(31)16-9-5-3-6-10-16/h3-13,18-19,21-23,29-30H,14H2,1-2H3,(H,27,28)/t18-,19+,21-,22-,23-/m1/s1. The zero-order chi connectivity index (χ0) is 26.9. The van der Waals surface area contributed by atoms with Crippen molar-refractivity contribution in [2.75, 3.05) is 13.7 Å². The summed E-state index contributed by atoms with van der Waals surface area (Å²) < 4.78 is 20.9. The van der Waals surface area contributed by atoms with Crippen LogP contribution in [0, 0.1) is 0 Å². The Morgan fingerprint density at radius 2 is 1.49 bits per heavy atom. The summed E-state index contributed by atoms with van der Waals surface area (Å²) in [6, 6.07) is 14.8. The second-order valence-electron chi connectivity index (χ2n) is 8.09. The quantitative estimate of drug-likeness (QED) is 0.323. The number of esters is 3. The zero-order valence-corrected chi connectivity index (χ0v) is 20.1. The van der Waals surface area contributed by atoms with Crippen LogP contribution < -0.4 is 5.32 Å². The second-order valence-corrected chi connectivity index (χ2v) is 8.09. The van der Waals surface area contributed by atoms with Gasteiger partial charge in [-0.1, -0.05) is 36.4 Å². The highest BCUT2D eigenvalue weighted by molar-refractivity contribution is 5.90. The van der Waals surface area contributed by atoms with Crippen molar-refractivity contribution < 1.29 is 48.3 Å². The van der Waals surface area contributed by atoms with E-state index in [-0.39, 0.29) is 11.1 Å². The molecule has 37 heavy (non-hydrogen) atoms. The molecule has 0 saturated heterocycles. The lowest BCUT2D eigenvalue weighted by Crippen LogP contribution is -2.60. The number of carbonyl (C=O) groups is 4. The highest BCUT2D eigenvalue weighted by Gasteiger charge is 2.45. The van der Waals surface area contributed by atoms with Gasteiger partial charge in [0, 0.05) is 13.0 Å². The lowest BCUT2D eigenvalue weighted by Gasteiger charge is -2.39. The van der Waals surface area contributed by atoms with E-state index in [2.05, 4.69) is 10.1 Å². The first kappa shape index (κ1) is 27.4. The summed E-state index contributed by atoms with van der Waals surface area (Å²) in [6.07, 6.45) is -5.15. The maximum atomic E-state index is 12.7. The van der Waals surface area contributed by atoms with Crippen LogP contribution in [-0.4, -0.2) is 78.2 Å². The third kappa shape index (κ3) is 7.15. The van der Waals surface area contributed by atoms with Crippen LogP contribution in [0.25, 0.3) is 0 Å². The number of aliphatic hydroxyl groups excluding tert-OH is 2. The number of amides is 1. The summed E-state index contributed by atoms with van der Waals surface area (Å²) in [5.41, 5.74) is 0.437. The van der Waals surface area contributed by atoms with Crippen molar-refractivity contribution in [3.05, 3.63) is 83.6 Å². The van der Waals surface area contributed by atoms with Crippen molar-refractivity contribution in [1.82, 2.24) is 5.32 Å². The van der Waals surface area contributed by atoms with E-state index in [9.17, 15) is 29.4 Å². The fourth-order valence-corrected chi connectivity index (χ4v) is 3.61. The third-order valence-corrected chi connectivity index (χ3v) is 5.42. The number of ether oxygens (including phenoxy) is 4. The Morgan fingerprint density at radius 3 is 2.03 bits per heavy atom. The van der Waals surface area contributed by atoms with Crippen LogP contribution in [0.15, 0.2) is 72.5 Å². The van der Waals surface area contributed by atoms with Crippen LogP contribution in [-0.2, 0) is 28.5 Å². The predicted molar refractivity (Wildman–Crippen MR) is 127 cm³/mol. The minimum atomic E-state index is -1.80. The molecule has 1 heterocycles. The number of hydrogen-bond acceptors (Lipinski definition) is 10. The second kappa shape index (κ2) is 12.7. The number of nitrogens with one attached hydrogen (secondary N) is 1. The number of methoxy groups -OCH3 is 1. The molecule has 0 unspecified atom stereocenters. The van der Waals surface area contributed by atoms with Crippen LogP contribution in [0.3, 0.4) is 0 Å². The van der Waals surface area contributed by atoms with Gasteiger partial charge in [-0.05, 0) is 24.3 Å². The van der Waals surface area contributed by atoms with Gasteiger partial charge < -0.3 is 34.5 Å². The molecule has 1 amide bonds. The molecule has 5 atom stereocenters. The van der Waals surface area contributed by atoms with Crippen molar-refractivity contribution in [3.8, 4) is 0 Å². The lowest BCUT2D eigenvalue weighted by atomic mass is 9.93.